The number of fused-ring (bicyclic) bond motifs is 1. The second kappa shape index (κ2) is 5.48. The third-order valence-corrected chi connectivity index (χ3v) is 5.28. The van der Waals surface area contributed by atoms with Crippen LogP contribution in [0.5, 0.6) is 0 Å². The molecular formula is C17H12FNO3S. The molecule has 23 heavy (non-hydrogen) atoms. The van der Waals surface area contributed by atoms with Crippen molar-refractivity contribution in [2.24, 2.45) is 5.73 Å². The molecule has 2 N–H and O–H groups in total. The van der Waals surface area contributed by atoms with Crippen LogP contribution in [0.25, 0.3) is 10.8 Å². The molecule has 0 fully saturated rings. The molecule has 0 radical (unpaired) electrons. The minimum Gasteiger partial charge on any atom is -0.366 e. The van der Waals surface area contributed by atoms with Crippen molar-refractivity contribution in [2.75, 3.05) is 0 Å². The van der Waals surface area contributed by atoms with Crippen LogP contribution in [0.15, 0.2) is 70.5 Å². The van der Waals surface area contributed by atoms with E-state index < -0.39 is 21.6 Å². The van der Waals surface area contributed by atoms with Gasteiger partial charge >= 0.3 is 0 Å². The number of primary amides is 1. The summed E-state index contributed by atoms with van der Waals surface area (Å²) in [7, 11) is -3.84. The van der Waals surface area contributed by atoms with E-state index in [2.05, 4.69) is 0 Å². The molecule has 1 amide bonds. The van der Waals surface area contributed by atoms with Crippen molar-refractivity contribution in [3.8, 4) is 0 Å². The largest absolute Gasteiger partial charge is 0.366 e. The van der Waals surface area contributed by atoms with Crippen LogP contribution in [0.2, 0.25) is 0 Å². The number of amides is 1. The van der Waals surface area contributed by atoms with Crippen LogP contribution < -0.4 is 5.73 Å². The van der Waals surface area contributed by atoms with Crippen molar-refractivity contribution in [2.45, 2.75) is 9.79 Å². The number of benzene rings is 3. The first-order valence-electron chi connectivity index (χ1n) is 6.73. The quantitative estimate of drug-likeness (QED) is 0.802. The Morgan fingerprint density at radius 1 is 0.913 bits per heavy atom. The van der Waals surface area contributed by atoms with Gasteiger partial charge in [0.25, 0.3) is 0 Å². The zero-order valence-electron chi connectivity index (χ0n) is 11.9. The van der Waals surface area contributed by atoms with E-state index in [1.165, 1.54) is 36.4 Å². The maximum absolute atomic E-state index is 13.3. The van der Waals surface area contributed by atoms with Crippen molar-refractivity contribution in [3.63, 3.8) is 0 Å². The molecule has 0 saturated heterocycles. The second-order valence-corrected chi connectivity index (χ2v) is 6.96. The highest BCUT2D eigenvalue weighted by molar-refractivity contribution is 7.91. The molecule has 116 valence electrons. The van der Waals surface area contributed by atoms with Gasteiger partial charge in [-0.2, -0.15) is 0 Å². The molecule has 0 atom stereocenters. The van der Waals surface area contributed by atoms with Crippen LogP contribution in [0.4, 0.5) is 4.39 Å². The van der Waals surface area contributed by atoms with E-state index in [0.29, 0.717) is 16.3 Å². The molecule has 3 rings (SSSR count). The third-order valence-electron chi connectivity index (χ3n) is 3.53. The molecule has 0 saturated carbocycles. The number of halogens is 1. The van der Waals surface area contributed by atoms with Gasteiger partial charge in [-0.3, -0.25) is 4.79 Å². The fraction of sp³-hybridized carbons (Fsp3) is 0. The van der Waals surface area contributed by atoms with Gasteiger partial charge in [0.1, 0.15) is 5.82 Å². The Balaban J connectivity index is 2.19. The molecule has 4 nitrogen and oxygen atoms in total. The average molecular weight is 329 g/mol. The normalized spacial score (nSPS) is 11.5. The zero-order chi connectivity index (χ0) is 16.6. The first kappa shape index (κ1) is 15.2. The van der Waals surface area contributed by atoms with Gasteiger partial charge in [0.05, 0.1) is 9.79 Å². The SMILES string of the molecule is NC(=O)c1cccc2cc(S(=O)(=O)c3cccc(F)c3)ccc12. The van der Waals surface area contributed by atoms with E-state index >= 15 is 0 Å². The van der Waals surface area contributed by atoms with Crippen molar-refractivity contribution < 1.29 is 17.6 Å². The van der Waals surface area contributed by atoms with Crippen LogP contribution in [0.1, 0.15) is 10.4 Å². The van der Waals surface area contributed by atoms with Crippen molar-refractivity contribution in [1.29, 1.82) is 0 Å². The number of carbonyl (C=O) groups is 1. The molecule has 0 unspecified atom stereocenters. The lowest BCUT2D eigenvalue weighted by atomic mass is 10.0. The number of nitrogens with two attached hydrogens (primary N) is 1. The van der Waals surface area contributed by atoms with Crippen LogP contribution in [0, 0.1) is 5.82 Å². The Morgan fingerprint density at radius 2 is 1.61 bits per heavy atom. The first-order chi connectivity index (χ1) is 10.9. The molecule has 0 aliphatic rings. The predicted molar refractivity (Wildman–Crippen MR) is 84.3 cm³/mol. The Labute approximate surface area is 132 Å². The number of hydrogen-bond acceptors (Lipinski definition) is 3. The smallest absolute Gasteiger partial charge is 0.249 e. The molecule has 3 aromatic carbocycles. The van der Waals surface area contributed by atoms with Gasteiger partial charge in [0.15, 0.2) is 0 Å². The number of rotatable bonds is 3. The van der Waals surface area contributed by atoms with Gasteiger partial charge in [0, 0.05) is 5.56 Å². The van der Waals surface area contributed by atoms with Crippen LogP contribution in [0.3, 0.4) is 0 Å². The molecule has 6 heteroatoms. The molecule has 0 aliphatic carbocycles. The summed E-state index contributed by atoms with van der Waals surface area (Å²) in [4.78, 5) is 11.3. The van der Waals surface area contributed by atoms with Gasteiger partial charge in [-0.1, -0.05) is 24.3 Å². The summed E-state index contributed by atoms with van der Waals surface area (Å²) >= 11 is 0. The standard InChI is InChI=1S/C17H12FNO3S/c18-12-4-2-5-13(10-12)23(21,22)14-7-8-15-11(9-14)3-1-6-16(15)17(19)20/h1-10H,(H2,19,20). The lowest BCUT2D eigenvalue weighted by Crippen LogP contribution is -2.11. The highest BCUT2D eigenvalue weighted by atomic mass is 32.2. The fourth-order valence-corrected chi connectivity index (χ4v) is 3.74. The van der Waals surface area contributed by atoms with Gasteiger partial charge in [-0.25, -0.2) is 12.8 Å². The number of carbonyl (C=O) groups excluding carboxylic acids is 1. The van der Waals surface area contributed by atoms with Crippen LogP contribution in [-0.4, -0.2) is 14.3 Å². The van der Waals surface area contributed by atoms with Crippen molar-refractivity contribution >= 4 is 26.5 Å². The maximum atomic E-state index is 13.3. The van der Waals surface area contributed by atoms with E-state index in [1.807, 2.05) is 0 Å². The molecule has 0 spiro atoms. The average Bonchev–Trinajstić information content (AvgIpc) is 2.53. The minimum absolute atomic E-state index is 0.0252. The molecular weight excluding hydrogens is 317 g/mol. The fourth-order valence-electron chi connectivity index (χ4n) is 2.41. The number of sulfone groups is 1. The summed E-state index contributed by atoms with van der Waals surface area (Å²) in [6.07, 6.45) is 0. The maximum Gasteiger partial charge on any atom is 0.249 e. The lowest BCUT2D eigenvalue weighted by Gasteiger charge is -2.08. The van der Waals surface area contributed by atoms with E-state index in [4.69, 9.17) is 5.73 Å². The Bertz CT molecular complexity index is 1030. The van der Waals surface area contributed by atoms with Gasteiger partial charge in [-0.05, 0) is 47.2 Å². The summed E-state index contributed by atoms with van der Waals surface area (Å²) in [6.45, 7) is 0. The van der Waals surface area contributed by atoms with Crippen LogP contribution >= 0.6 is 0 Å². The van der Waals surface area contributed by atoms with E-state index in [0.717, 1.165) is 6.07 Å². The Hall–Kier alpha value is -2.73. The Morgan fingerprint density at radius 3 is 2.30 bits per heavy atom. The highest BCUT2D eigenvalue weighted by Crippen LogP contribution is 2.26. The summed E-state index contributed by atoms with van der Waals surface area (Å²) < 4.78 is 38.5. The van der Waals surface area contributed by atoms with E-state index in [1.54, 1.807) is 18.2 Å². The lowest BCUT2D eigenvalue weighted by molar-refractivity contribution is 0.100. The number of hydrogen-bond donors (Lipinski definition) is 1. The first-order valence-corrected chi connectivity index (χ1v) is 8.21. The molecule has 3 aromatic rings. The minimum atomic E-state index is -3.84. The molecule has 0 aromatic heterocycles. The second-order valence-electron chi connectivity index (χ2n) is 5.01. The molecule has 0 aliphatic heterocycles. The monoisotopic (exact) mass is 329 g/mol. The topological polar surface area (TPSA) is 77.2 Å². The summed E-state index contributed by atoms with van der Waals surface area (Å²) in [5.74, 6) is -1.21. The van der Waals surface area contributed by atoms with Gasteiger partial charge in [-0.15, -0.1) is 0 Å². The van der Waals surface area contributed by atoms with Crippen molar-refractivity contribution in [1.82, 2.24) is 0 Å². The van der Waals surface area contributed by atoms with Crippen molar-refractivity contribution in [3.05, 3.63) is 72.0 Å². The highest BCUT2D eigenvalue weighted by Gasteiger charge is 2.19. The molecule has 0 bridgehead atoms. The van der Waals surface area contributed by atoms with Gasteiger partial charge in [0.2, 0.25) is 15.7 Å². The van der Waals surface area contributed by atoms with Gasteiger partial charge < -0.3 is 5.73 Å². The Kier molecular flexibility index (Phi) is 3.61. The third kappa shape index (κ3) is 2.68. The summed E-state index contributed by atoms with van der Waals surface area (Å²) in [6, 6.07) is 14.1. The predicted octanol–water partition coefficient (Wildman–Crippen LogP) is 2.91. The van der Waals surface area contributed by atoms with Crippen LogP contribution in [-0.2, 0) is 9.84 Å². The molecule has 0 heterocycles. The summed E-state index contributed by atoms with van der Waals surface area (Å²) in [5.41, 5.74) is 5.63. The van der Waals surface area contributed by atoms with E-state index in [9.17, 15) is 17.6 Å². The zero-order valence-corrected chi connectivity index (χ0v) is 12.7. The van der Waals surface area contributed by atoms with E-state index in [-0.39, 0.29) is 9.79 Å². The summed E-state index contributed by atoms with van der Waals surface area (Å²) in [5, 5.41) is 1.14.